The first kappa shape index (κ1) is 34.5. The Morgan fingerprint density at radius 2 is 1.07 bits per heavy atom. The van der Waals surface area contributed by atoms with Crippen molar-refractivity contribution in [3.05, 3.63) is 58.7 Å². The summed E-state index contributed by atoms with van der Waals surface area (Å²) >= 11 is 0. The number of alkyl halides is 6. The fourth-order valence-corrected chi connectivity index (χ4v) is 2.78. The number of carbonyl (C=O) groups excluding carboxylic acids is 3. The molecule has 2 aromatic carbocycles. The van der Waals surface area contributed by atoms with Crippen molar-refractivity contribution in [3.8, 4) is 17.6 Å². The number of benzene rings is 2. The molecular weight excluding hydrogens is 566 g/mol. The van der Waals surface area contributed by atoms with Crippen LogP contribution in [0.1, 0.15) is 59.5 Å². The maximum atomic E-state index is 12.8. The second-order valence-corrected chi connectivity index (χ2v) is 9.17. The van der Waals surface area contributed by atoms with Crippen LogP contribution in [0.25, 0.3) is 0 Å². The van der Waals surface area contributed by atoms with Gasteiger partial charge in [0.15, 0.2) is 11.2 Å². The highest BCUT2D eigenvalue weighted by molar-refractivity contribution is 5.90. The summed E-state index contributed by atoms with van der Waals surface area (Å²) in [6.45, 7) is 5.39. The number of halogens is 6. The molecule has 2 aromatic rings. The highest BCUT2D eigenvalue weighted by atomic mass is 19.4. The number of carbonyl (C=O) groups is 3. The summed E-state index contributed by atoms with van der Waals surface area (Å²) in [5.41, 5.74) is -0.557. The average Bonchev–Trinajstić information content (AvgIpc) is 2.86. The van der Waals surface area contributed by atoms with Crippen LogP contribution in [0.4, 0.5) is 26.3 Å². The lowest BCUT2D eigenvalue weighted by Gasteiger charge is -2.23. The third-order valence-electron chi connectivity index (χ3n) is 4.92. The number of nitrogens with zero attached hydrogens (tertiary/aromatic N) is 1. The maximum absolute atomic E-state index is 12.8. The third-order valence-corrected chi connectivity index (χ3v) is 4.92. The van der Waals surface area contributed by atoms with Gasteiger partial charge in [0.25, 0.3) is 5.91 Å². The number of nitriles is 1. The largest absolute Gasteiger partial charge is 0.478 e. The number of esters is 2. The summed E-state index contributed by atoms with van der Waals surface area (Å²) in [6, 6.07) is 6.64. The molecule has 0 saturated heterocycles. The highest BCUT2D eigenvalue weighted by Gasteiger charge is 2.35. The number of nitrogens with two attached hydrogens (primary N) is 1. The van der Waals surface area contributed by atoms with Crippen molar-refractivity contribution < 1.29 is 59.7 Å². The molecule has 0 fully saturated rings. The van der Waals surface area contributed by atoms with Crippen molar-refractivity contribution in [1.29, 1.82) is 5.26 Å². The molecule has 0 aromatic heterocycles. The third kappa shape index (κ3) is 10.2. The van der Waals surface area contributed by atoms with Gasteiger partial charge in [-0.3, -0.25) is 4.79 Å². The minimum Gasteiger partial charge on any atom is -0.478 e. The predicted molar refractivity (Wildman–Crippen MR) is 130 cm³/mol. The Kier molecular flexibility index (Phi) is 10.8. The lowest BCUT2D eigenvalue weighted by Crippen LogP contribution is -2.43. The first-order chi connectivity index (χ1) is 18.6. The van der Waals surface area contributed by atoms with Crippen molar-refractivity contribution >= 4 is 17.8 Å². The Morgan fingerprint density at radius 1 is 0.707 bits per heavy atom. The van der Waals surface area contributed by atoms with E-state index in [-0.39, 0.29) is 22.6 Å². The molecule has 0 aliphatic rings. The monoisotopic (exact) mass is 592 g/mol. The number of hydrogen-bond donors (Lipinski definition) is 1. The molecule has 0 aliphatic heterocycles. The summed E-state index contributed by atoms with van der Waals surface area (Å²) in [7, 11) is 2.10. The van der Waals surface area contributed by atoms with E-state index < -0.39 is 52.5 Å². The summed E-state index contributed by atoms with van der Waals surface area (Å²) < 4.78 is 95.8. The van der Waals surface area contributed by atoms with E-state index in [1.165, 1.54) is 27.7 Å². The van der Waals surface area contributed by atoms with Gasteiger partial charge in [-0.15, -0.1) is 0 Å². The van der Waals surface area contributed by atoms with Gasteiger partial charge in [-0.25, -0.2) is 9.59 Å². The molecule has 0 radical (unpaired) electrons. The minimum atomic E-state index is -4.68. The van der Waals surface area contributed by atoms with Crippen LogP contribution in [0, 0.1) is 11.3 Å². The smallest absolute Gasteiger partial charge is 0.416 e. The molecule has 0 bridgehead atoms. The molecular formula is C26H26F6N2O7. The van der Waals surface area contributed by atoms with E-state index in [0.29, 0.717) is 18.2 Å². The number of primary amides is 1. The van der Waals surface area contributed by atoms with E-state index in [2.05, 4.69) is 9.47 Å². The van der Waals surface area contributed by atoms with Gasteiger partial charge in [0, 0.05) is 0 Å². The number of methoxy groups -OCH3 is 2. The van der Waals surface area contributed by atoms with E-state index in [1.54, 1.807) is 6.07 Å². The van der Waals surface area contributed by atoms with Crippen molar-refractivity contribution in [1.82, 2.24) is 0 Å². The maximum Gasteiger partial charge on any atom is 0.416 e. The Bertz CT molecular complexity index is 1330. The first-order valence-corrected chi connectivity index (χ1v) is 11.3. The first-order valence-electron chi connectivity index (χ1n) is 11.3. The molecule has 1 amide bonds. The normalized spacial score (nSPS) is 11.8. The molecule has 15 heteroatoms. The van der Waals surface area contributed by atoms with Crippen LogP contribution in [-0.4, -0.2) is 43.3 Å². The molecule has 2 N–H and O–H groups in total. The van der Waals surface area contributed by atoms with Crippen LogP contribution in [-0.2, 0) is 26.6 Å². The fraction of sp³-hybridized carbons (Fsp3) is 0.385. The van der Waals surface area contributed by atoms with Gasteiger partial charge in [-0.1, -0.05) is 0 Å². The molecule has 0 saturated carbocycles. The Balaban J connectivity index is 0.000000410. The van der Waals surface area contributed by atoms with Gasteiger partial charge in [0.1, 0.15) is 17.6 Å². The van der Waals surface area contributed by atoms with Gasteiger partial charge in [0.2, 0.25) is 0 Å². The Morgan fingerprint density at radius 3 is 1.37 bits per heavy atom. The highest BCUT2D eigenvalue weighted by Crippen LogP contribution is 2.35. The quantitative estimate of drug-likeness (QED) is 0.337. The number of ether oxygens (including phenoxy) is 4. The molecule has 224 valence electrons. The Labute approximate surface area is 230 Å². The van der Waals surface area contributed by atoms with Gasteiger partial charge in [-0.2, -0.15) is 31.6 Å². The number of amides is 1. The summed E-state index contributed by atoms with van der Waals surface area (Å²) in [4.78, 5) is 33.9. The van der Waals surface area contributed by atoms with E-state index in [0.717, 1.165) is 32.4 Å². The molecule has 0 aliphatic carbocycles. The molecule has 9 nitrogen and oxygen atoms in total. The van der Waals surface area contributed by atoms with Gasteiger partial charge >= 0.3 is 24.3 Å². The molecule has 41 heavy (non-hydrogen) atoms. The van der Waals surface area contributed by atoms with Crippen LogP contribution >= 0.6 is 0 Å². The van der Waals surface area contributed by atoms with Gasteiger partial charge in [0.05, 0.1) is 36.5 Å². The lowest BCUT2D eigenvalue weighted by atomic mass is 10.1. The zero-order valence-corrected chi connectivity index (χ0v) is 22.6. The number of rotatable bonds is 7. The van der Waals surface area contributed by atoms with E-state index in [9.17, 15) is 40.7 Å². The molecule has 2 rings (SSSR count). The predicted octanol–water partition coefficient (Wildman–Crippen LogP) is 5.31. The van der Waals surface area contributed by atoms with E-state index in [1.807, 2.05) is 0 Å². The number of hydrogen-bond acceptors (Lipinski definition) is 8. The van der Waals surface area contributed by atoms with Crippen LogP contribution in [0.2, 0.25) is 0 Å². The molecule has 0 heterocycles. The van der Waals surface area contributed by atoms with Crippen LogP contribution in [0.3, 0.4) is 0 Å². The standard InChI is InChI=1S/C13H14F3NO4.C13H12F3NO3/c1-12(2,11(17)19)21-9-5-7(10(18)20-3)4-8(6-9)13(14,15)16;1-12(2,7-17)20-10-5-8(11(18)19-3)4-9(6-10)13(14,15)16/h4-6H,1-3H3,(H2,17,19);4-6H,1-3H3. The van der Waals surface area contributed by atoms with Crippen LogP contribution < -0.4 is 15.2 Å². The summed E-state index contributed by atoms with van der Waals surface area (Å²) in [5.74, 6) is -3.28. The molecule has 0 spiro atoms. The second-order valence-electron chi connectivity index (χ2n) is 9.17. The van der Waals surface area contributed by atoms with E-state index in [4.69, 9.17) is 20.5 Å². The van der Waals surface area contributed by atoms with Crippen molar-refractivity contribution in [2.45, 2.75) is 51.2 Å². The second kappa shape index (κ2) is 12.8. The topological polar surface area (TPSA) is 138 Å². The fourth-order valence-electron chi connectivity index (χ4n) is 2.78. The zero-order valence-electron chi connectivity index (χ0n) is 22.6. The summed E-state index contributed by atoms with van der Waals surface area (Å²) in [5, 5.41) is 8.82. The van der Waals surface area contributed by atoms with Crippen molar-refractivity contribution in [2.75, 3.05) is 14.2 Å². The average molecular weight is 592 g/mol. The van der Waals surface area contributed by atoms with Gasteiger partial charge < -0.3 is 24.7 Å². The van der Waals surface area contributed by atoms with Crippen molar-refractivity contribution in [3.63, 3.8) is 0 Å². The Hall–Kier alpha value is -4.48. The van der Waals surface area contributed by atoms with Crippen LogP contribution in [0.15, 0.2) is 36.4 Å². The van der Waals surface area contributed by atoms with Crippen molar-refractivity contribution in [2.24, 2.45) is 5.73 Å². The lowest BCUT2D eigenvalue weighted by molar-refractivity contribution is -0.138. The summed E-state index contributed by atoms with van der Waals surface area (Å²) in [6.07, 6.45) is -9.32. The van der Waals surface area contributed by atoms with E-state index >= 15 is 0 Å². The zero-order chi connectivity index (χ0) is 32.0. The van der Waals surface area contributed by atoms with Gasteiger partial charge in [-0.05, 0) is 64.1 Å². The van der Waals surface area contributed by atoms with Crippen LogP contribution in [0.5, 0.6) is 11.5 Å². The molecule has 0 atom stereocenters. The SMILES string of the molecule is COC(=O)c1cc(OC(C)(C)C#N)cc(C(F)(F)F)c1.COC(=O)c1cc(OC(C)(C)C(N)=O)cc(C(F)(F)F)c1. The minimum absolute atomic E-state index is 0.230. The molecule has 0 unspecified atom stereocenters.